The van der Waals surface area contributed by atoms with E-state index < -0.39 is 0 Å². The first-order valence-electron chi connectivity index (χ1n) is 7.94. The lowest BCUT2D eigenvalue weighted by Gasteiger charge is -2.27. The molecule has 0 unspecified atom stereocenters. The maximum absolute atomic E-state index is 12.3. The Hall–Kier alpha value is -2.47. The first-order valence-corrected chi connectivity index (χ1v) is 8.32. The number of ketones is 1. The van der Waals surface area contributed by atoms with E-state index in [1.54, 1.807) is 35.1 Å². The average Bonchev–Trinajstić information content (AvgIpc) is 2.93. The summed E-state index contributed by atoms with van der Waals surface area (Å²) in [5.41, 5.74) is 1.19. The van der Waals surface area contributed by atoms with Gasteiger partial charge in [0.25, 0.3) is 0 Å². The van der Waals surface area contributed by atoms with Gasteiger partial charge in [-0.3, -0.25) is 9.78 Å². The van der Waals surface area contributed by atoms with Crippen LogP contribution in [0.1, 0.15) is 35.4 Å². The Morgan fingerprint density at radius 3 is 2.96 bits per heavy atom. The Morgan fingerprint density at radius 2 is 2.25 bits per heavy atom. The number of nitrogens with one attached hydrogen (secondary N) is 1. The highest BCUT2D eigenvalue weighted by atomic mass is 35.5. The van der Waals surface area contributed by atoms with Crippen molar-refractivity contribution in [2.24, 2.45) is 0 Å². The van der Waals surface area contributed by atoms with Gasteiger partial charge in [-0.05, 0) is 37.5 Å². The predicted octanol–water partition coefficient (Wildman–Crippen LogP) is 3.17. The number of fused-ring (bicyclic) bond motifs is 1. The summed E-state index contributed by atoms with van der Waals surface area (Å²) in [6, 6.07) is 7.53. The number of pyridine rings is 2. The number of hydrogen-bond donors (Lipinski definition) is 1. The minimum atomic E-state index is -0.0568. The van der Waals surface area contributed by atoms with Gasteiger partial charge in [0.05, 0.1) is 6.42 Å². The maximum Gasteiger partial charge on any atom is 0.172 e. The van der Waals surface area contributed by atoms with E-state index in [4.69, 9.17) is 11.6 Å². The van der Waals surface area contributed by atoms with Crippen LogP contribution in [-0.4, -0.2) is 31.4 Å². The molecule has 1 aliphatic carbocycles. The van der Waals surface area contributed by atoms with Crippen LogP contribution >= 0.6 is 11.6 Å². The standard InChI is InChI=1S/C17H16ClN5O/c18-12-7-16(20-13-4-1-5-13)23-17(8-12)21-15(22-23)9-14(24)11-3-2-6-19-10-11/h2-3,6-8,10,13,20H,1,4-5,9H2. The monoisotopic (exact) mass is 341 g/mol. The molecule has 0 amide bonds. The zero-order valence-corrected chi connectivity index (χ0v) is 13.7. The summed E-state index contributed by atoms with van der Waals surface area (Å²) in [5, 5.41) is 8.51. The summed E-state index contributed by atoms with van der Waals surface area (Å²) in [6.07, 6.45) is 6.86. The van der Waals surface area contributed by atoms with E-state index >= 15 is 0 Å². The number of carbonyl (C=O) groups is 1. The van der Waals surface area contributed by atoms with E-state index in [2.05, 4.69) is 20.4 Å². The van der Waals surface area contributed by atoms with Crippen molar-refractivity contribution in [1.29, 1.82) is 0 Å². The molecule has 1 fully saturated rings. The van der Waals surface area contributed by atoms with E-state index in [1.807, 2.05) is 6.07 Å². The SMILES string of the molecule is O=C(Cc1nc2cc(Cl)cc(NC3CCC3)n2n1)c1cccnc1. The van der Waals surface area contributed by atoms with Gasteiger partial charge >= 0.3 is 0 Å². The van der Waals surface area contributed by atoms with Gasteiger partial charge in [-0.25, -0.2) is 4.98 Å². The first-order chi connectivity index (χ1) is 11.7. The third-order valence-corrected chi connectivity index (χ3v) is 4.42. The molecule has 0 aliphatic heterocycles. The molecular weight excluding hydrogens is 326 g/mol. The summed E-state index contributed by atoms with van der Waals surface area (Å²) in [4.78, 5) is 20.7. The molecule has 0 radical (unpaired) electrons. The molecule has 3 aromatic rings. The smallest absolute Gasteiger partial charge is 0.172 e. The van der Waals surface area contributed by atoms with Crippen molar-refractivity contribution in [3.05, 3.63) is 53.1 Å². The molecule has 1 aliphatic rings. The Bertz CT molecular complexity index is 889. The lowest BCUT2D eigenvalue weighted by Crippen LogP contribution is -2.28. The molecule has 3 aromatic heterocycles. The quantitative estimate of drug-likeness (QED) is 0.722. The molecule has 6 nitrogen and oxygen atoms in total. The Kier molecular flexibility index (Phi) is 3.90. The molecule has 1 N–H and O–H groups in total. The fourth-order valence-electron chi connectivity index (χ4n) is 2.71. The van der Waals surface area contributed by atoms with Crippen molar-refractivity contribution in [3.63, 3.8) is 0 Å². The van der Waals surface area contributed by atoms with Gasteiger partial charge in [-0.15, -0.1) is 5.10 Å². The van der Waals surface area contributed by atoms with Crippen LogP contribution in [0.5, 0.6) is 0 Å². The van der Waals surface area contributed by atoms with E-state index in [-0.39, 0.29) is 12.2 Å². The lowest BCUT2D eigenvalue weighted by atomic mass is 9.93. The van der Waals surface area contributed by atoms with Crippen molar-refractivity contribution in [3.8, 4) is 0 Å². The Morgan fingerprint density at radius 1 is 1.38 bits per heavy atom. The minimum absolute atomic E-state index is 0.0568. The van der Waals surface area contributed by atoms with Crippen molar-refractivity contribution in [1.82, 2.24) is 19.6 Å². The minimum Gasteiger partial charge on any atom is -0.367 e. The van der Waals surface area contributed by atoms with Crippen LogP contribution in [-0.2, 0) is 6.42 Å². The average molecular weight is 342 g/mol. The van der Waals surface area contributed by atoms with Gasteiger partial charge < -0.3 is 5.32 Å². The summed E-state index contributed by atoms with van der Waals surface area (Å²) < 4.78 is 1.72. The topological polar surface area (TPSA) is 72.2 Å². The number of rotatable bonds is 5. The largest absolute Gasteiger partial charge is 0.367 e. The van der Waals surface area contributed by atoms with Crippen LogP contribution < -0.4 is 5.32 Å². The van der Waals surface area contributed by atoms with Gasteiger partial charge in [-0.1, -0.05) is 11.6 Å². The number of halogens is 1. The van der Waals surface area contributed by atoms with Gasteiger partial charge in [0, 0.05) is 35.1 Å². The normalized spacial score (nSPS) is 14.5. The van der Waals surface area contributed by atoms with Crippen molar-refractivity contribution >= 4 is 28.8 Å². The van der Waals surface area contributed by atoms with Gasteiger partial charge in [0.1, 0.15) is 5.82 Å². The number of carbonyl (C=O) groups excluding carboxylic acids is 1. The number of anilines is 1. The number of hydrogen-bond acceptors (Lipinski definition) is 5. The van der Waals surface area contributed by atoms with Gasteiger partial charge in [0.15, 0.2) is 17.3 Å². The summed E-state index contributed by atoms with van der Waals surface area (Å²) in [7, 11) is 0. The number of Topliss-reactive ketones (excluding diaryl/α,β-unsaturated/α-hetero) is 1. The molecule has 4 rings (SSSR count). The van der Waals surface area contributed by atoms with Crippen LogP contribution in [0.3, 0.4) is 0 Å². The second-order valence-corrected chi connectivity index (χ2v) is 6.41. The van der Waals surface area contributed by atoms with Gasteiger partial charge in [0.2, 0.25) is 0 Å². The fraction of sp³-hybridized carbons (Fsp3) is 0.294. The molecule has 0 atom stereocenters. The molecule has 3 heterocycles. The highest BCUT2D eigenvalue weighted by Crippen LogP contribution is 2.25. The Balaban J connectivity index is 1.62. The van der Waals surface area contributed by atoms with Crippen molar-refractivity contribution in [2.75, 3.05) is 5.32 Å². The fourth-order valence-corrected chi connectivity index (χ4v) is 2.91. The van der Waals surface area contributed by atoms with Crippen LogP contribution in [0.15, 0.2) is 36.7 Å². The highest BCUT2D eigenvalue weighted by Gasteiger charge is 2.19. The van der Waals surface area contributed by atoms with Crippen LogP contribution in [0.2, 0.25) is 5.02 Å². The molecule has 0 saturated heterocycles. The number of nitrogens with zero attached hydrogens (tertiary/aromatic N) is 4. The van der Waals surface area contributed by atoms with Crippen LogP contribution in [0.25, 0.3) is 5.65 Å². The molecule has 0 bridgehead atoms. The van der Waals surface area contributed by atoms with Crippen LogP contribution in [0.4, 0.5) is 5.82 Å². The molecule has 122 valence electrons. The molecule has 24 heavy (non-hydrogen) atoms. The van der Waals surface area contributed by atoms with E-state index in [9.17, 15) is 4.79 Å². The van der Waals surface area contributed by atoms with Crippen molar-refractivity contribution in [2.45, 2.75) is 31.7 Å². The molecule has 1 saturated carbocycles. The van der Waals surface area contributed by atoms with E-state index in [0.717, 1.165) is 18.7 Å². The number of aromatic nitrogens is 4. The van der Waals surface area contributed by atoms with Crippen molar-refractivity contribution < 1.29 is 4.79 Å². The zero-order valence-electron chi connectivity index (χ0n) is 12.9. The molecule has 0 spiro atoms. The first kappa shape index (κ1) is 15.1. The second-order valence-electron chi connectivity index (χ2n) is 5.97. The molecule has 7 heteroatoms. The molecule has 0 aromatic carbocycles. The third-order valence-electron chi connectivity index (χ3n) is 4.21. The van der Waals surface area contributed by atoms with E-state index in [0.29, 0.717) is 28.1 Å². The lowest BCUT2D eigenvalue weighted by molar-refractivity contribution is 0.0990. The van der Waals surface area contributed by atoms with E-state index in [1.165, 1.54) is 6.42 Å². The second kappa shape index (κ2) is 6.20. The summed E-state index contributed by atoms with van der Waals surface area (Å²) >= 11 is 6.18. The zero-order chi connectivity index (χ0) is 16.5. The summed E-state index contributed by atoms with van der Waals surface area (Å²) in [5.74, 6) is 1.23. The summed E-state index contributed by atoms with van der Waals surface area (Å²) in [6.45, 7) is 0. The third kappa shape index (κ3) is 2.97. The predicted molar refractivity (Wildman–Crippen MR) is 91.5 cm³/mol. The highest BCUT2D eigenvalue weighted by molar-refractivity contribution is 6.31. The maximum atomic E-state index is 12.3. The molecular formula is C17H16ClN5O. The van der Waals surface area contributed by atoms with Crippen LogP contribution in [0, 0.1) is 0 Å². The Labute approximate surface area is 143 Å². The van der Waals surface area contributed by atoms with Gasteiger partial charge in [-0.2, -0.15) is 4.52 Å².